The average Bonchev–Trinajstić information content (AvgIpc) is 2.41. The topological polar surface area (TPSA) is 75.3 Å². The Kier molecular flexibility index (Phi) is 11.0. The molecule has 0 radical (unpaired) electrons. The van der Waals surface area contributed by atoms with Gasteiger partial charge in [0.2, 0.25) is 0 Å². The van der Waals surface area contributed by atoms with Crippen molar-refractivity contribution in [2.24, 2.45) is 10.7 Å². The van der Waals surface area contributed by atoms with E-state index in [-0.39, 0.29) is 24.0 Å². The normalized spacial score (nSPS) is 10.4. The van der Waals surface area contributed by atoms with Crippen molar-refractivity contribution >= 4 is 35.8 Å². The Morgan fingerprint density at radius 3 is 2.95 bits per heavy atom. The summed E-state index contributed by atoms with van der Waals surface area (Å²) in [6.45, 7) is 5.88. The Balaban J connectivity index is 0.00000324. The Morgan fingerprint density at radius 1 is 1.42 bits per heavy atom. The van der Waals surface area contributed by atoms with Gasteiger partial charge in [0.25, 0.3) is 0 Å². The number of unbranched alkanes of at least 4 members (excludes halogenated alkanes) is 1. The zero-order chi connectivity index (χ0) is 13.1. The van der Waals surface area contributed by atoms with Gasteiger partial charge in [-0.05, 0) is 25.0 Å². The van der Waals surface area contributed by atoms with Crippen molar-refractivity contribution in [2.75, 3.05) is 25.0 Å². The van der Waals surface area contributed by atoms with Crippen molar-refractivity contribution < 1.29 is 0 Å². The summed E-state index contributed by atoms with van der Waals surface area (Å²) in [5.41, 5.74) is 5.63. The van der Waals surface area contributed by atoms with Crippen LogP contribution < -0.4 is 16.4 Å². The Bertz CT molecular complexity index is 367. The first-order valence-electron chi connectivity index (χ1n) is 6.12. The van der Waals surface area contributed by atoms with Crippen LogP contribution in [-0.2, 0) is 0 Å². The quantitative estimate of drug-likeness (QED) is 0.214. The molecule has 0 bridgehead atoms. The van der Waals surface area contributed by atoms with Crippen LogP contribution in [0.5, 0.6) is 0 Å². The molecule has 19 heavy (non-hydrogen) atoms. The highest BCUT2D eigenvalue weighted by Crippen LogP contribution is 2.00. The van der Waals surface area contributed by atoms with Gasteiger partial charge in [0.15, 0.2) is 5.96 Å². The number of hydrogen-bond acceptors (Lipinski definition) is 3. The van der Waals surface area contributed by atoms with Gasteiger partial charge in [-0.2, -0.15) is 0 Å². The van der Waals surface area contributed by atoms with Crippen LogP contribution in [0.25, 0.3) is 0 Å². The van der Waals surface area contributed by atoms with Crippen molar-refractivity contribution in [1.29, 1.82) is 0 Å². The predicted octanol–water partition coefficient (Wildman–Crippen LogP) is 1.98. The van der Waals surface area contributed by atoms with Crippen LogP contribution in [0.1, 0.15) is 12.8 Å². The summed E-state index contributed by atoms with van der Waals surface area (Å²) in [5.74, 6) is 1.39. The molecule has 1 aromatic heterocycles. The number of aromatic nitrogens is 1. The second kappa shape index (κ2) is 11.8. The summed E-state index contributed by atoms with van der Waals surface area (Å²) in [4.78, 5) is 8.38. The second-order valence-electron chi connectivity index (χ2n) is 3.79. The van der Waals surface area contributed by atoms with Gasteiger partial charge in [-0.25, -0.2) is 4.98 Å². The van der Waals surface area contributed by atoms with E-state index in [4.69, 9.17) is 5.73 Å². The molecular weight excluding hydrogens is 353 g/mol. The van der Waals surface area contributed by atoms with Gasteiger partial charge >= 0.3 is 0 Å². The fourth-order valence-corrected chi connectivity index (χ4v) is 1.35. The highest BCUT2D eigenvalue weighted by Gasteiger charge is 1.92. The number of anilines is 1. The number of pyridine rings is 1. The summed E-state index contributed by atoms with van der Waals surface area (Å²) in [5, 5.41) is 6.18. The SMILES string of the molecule is C=CCNC(N)=NCCCCNc1ccccn1.I. The third-order valence-corrected chi connectivity index (χ3v) is 2.27. The minimum atomic E-state index is 0. The molecule has 5 nitrogen and oxygen atoms in total. The zero-order valence-corrected chi connectivity index (χ0v) is 13.3. The van der Waals surface area contributed by atoms with Crippen LogP contribution in [0.3, 0.4) is 0 Å². The number of rotatable bonds is 8. The maximum atomic E-state index is 5.63. The van der Waals surface area contributed by atoms with Gasteiger partial charge in [0.05, 0.1) is 0 Å². The molecule has 1 heterocycles. The third kappa shape index (κ3) is 9.29. The number of halogens is 1. The van der Waals surface area contributed by atoms with Crippen LogP contribution in [-0.4, -0.2) is 30.6 Å². The lowest BCUT2D eigenvalue weighted by Gasteiger charge is -2.04. The molecule has 0 atom stereocenters. The minimum absolute atomic E-state index is 0. The van der Waals surface area contributed by atoms with Crippen LogP contribution in [0.2, 0.25) is 0 Å². The number of hydrogen-bond donors (Lipinski definition) is 3. The van der Waals surface area contributed by atoms with Gasteiger partial charge in [0, 0.05) is 25.8 Å². The Labute approximate surface area is 131 Å². The maximum absolute atomic E-state index is 5.63. The molecule has 106 valence electrons. The molecule has 0 saturated heterocycles. The highest BCUT2D eigenvalue weighted by atomic mass is 127. The van der Waals surface area contributed by atoms with E-state index < -0.39 is 0 Å². The largest absolute Gasteiger partial charge is 0.370 e. The van der Waals surface area contributed by atoms with Gasteiger partial charge in [-0.1, -0.05) is 12.1 Å². The van der Waals surface area contributed by atoms with Gasteiger partial charge in [0.1, 0.15) is 5.82 Å². The number of nitrogens with two attached hydrogens (primary N) is 1. The number of aliphatic imine (C=N–C) groups is 1. The molecule has 1 aromatic rings. The van der Waals surface area contributed by atoms with E-state index in [1.165, 1.54) is 0 Å². The summed E-state index contributed by atoms with van der Waals surface area (Å²) < 4.78 is 0. The smallest absolute Gasteiger partial charge is 0.188 e. The van der Waals surface area contributed by atoms with Crippen LogP contribution >= 0.6 is 24.0 Å². The standard InChI is InChI=1S/C13H21N5.HI/c1-2-8-17-13(14)18-11-6-5-10-16-12-7-3-4-9-15-12;/h2-4,7,9H,1,5-6,8,10-11H2,(H,15,16)(H3,14,17,18);1H. The lowest BCUT2D eigenvalue weighted by Crippen LogP contribution is -2.31. The molecule has 0 aromatic carbocycles. The molecule has 0 aliphatic heterocycles. The summed E-state index contributed by atoms with van der Waals surface area (Å²) in [6, 6.07) is 5.82. The molecule has 0 fully saturated rings. The minimum Gasteiger partial charge on any atom is -0.370 e. The molecule has 6 heteroatoms. The zero-order valence-electron chi connectivity index (χ0n) is 11.0. The number of nitrogens with zero attached hydrogens (tertiary/aromatic N) is 2. The summed E-state index contributed by atoms with van der Waals surface area (Å²) in [6.07, 6.45) is 5.56. The van der Waals surface area contributed by atoms with E-state index in [0.717, 1.165) is 31.7 Å². The fourth-order valence-electron chi connectivity index (χ4n) is 1.35. The maximum Gasteiger partial charge on any atom is 0.188 e. The van der Waals surface area contributed by atoms with Gasteiger partial charge < -0.3 is 16.4 Å². The van der Waals surface area contributed by atoms with Gasteiger partial charge in [-0.3, -0.25) is 4.99 Å². The molecular formula is C13H22IN5. The van der Waals surface area contributed by atoms with E-state index in [1.54, 1.807) is 12.3 Å². The van der Waals surface area contributed by atoms with E-state index in [0.29, 0.717) is 12.5 Å². The summed E-state index contributed by atoms with van der Waals surface area (Å²) >= 11 is 0. The van der Waals surface area contributed by atoms with E-state index in [1.807, 2.05) is 18.2 Å². The lowest BCUT2D eigenvalue weighted by atomic mass is 10.3. The van der Waals surface area contributed by atoms with Crippen molar-refractivity contribution in [3.05, 3.63) is 37.1 Å². The average molecular weight is 375 g/mol. The monoisotopic (exact) mass is 375 g/mol. The number of guanidine groups is 1. The molecule has 0 aliphatic carbocycles. The van der Waals surface area contributed by atoms with Crippen molar-refractivity contribution in [3.63, 3.8) is 0 Å². The molecule has 1 rings (SSSR count). The highest BCUT2D eigenvalue weighted by molar-refractivity contribution is 14.0. The fraction of sp³-hybridized carbons (Fsp3) is 0.385. The van der Waals surface area contributed by atoms with E-state index >= 15 is 0 Å². The van der Waals surface area contributed by atoms with Crippen molar-refractivity contribution in [3.8, 4) is 0 Å². The Morgan fingerprint density at radius 2 is 2.26 bits per heavy atom. The molecule has 0 spiro atoms. The molecule has 4 N–H and O–H groups in total. The molecule has 0 saturated carbocycles. The first-order valence-corrected chi connectivity index (χ1v) is 6.12. The third-order valence-electron chi connectivity index (χ3n) is 2.27. The van der Waals surface area contributed by atoms with E-state index in [2.05, 4.69) is 27.2 Å². The first kappa shape index (κ1) is 17.7. The lowest BCUT2D eigenvalue weighted by molar-refractivity contribution is 0.768. The molecule has 0 aliphatic rings. The molecule has 0 unspecified atom stereocenters. The summed E-state index contributed by atoms with van der Waals surface area (Å²) in [7, 11) is 0. The van der Waals surface area contributed by atoms with Crippen LogP contribution in [0.15, 0.2) is 42.0 Å². The Hall–Kier alpha value is -1.31. The molecule has 0 amide bonds. The second-order valence-corrected chi connectivity index (χ2v) is 3.79. The van der Waals surface area contributed by atoms with Crippen LogP contribution in [0, 0.1) is 0 Å². The number of nitrogens with one attached hydrogen (secondary N) is 2. The van der Waals surface area contributed by atoms with Crippen molar-refractivity contribution in [2.45, 2.75) is 12.8 Å². The van der Waals surface area contributed by atoms with E-state index in [9.17, 15) is 0 Å². The van der Waals surface area contributed by atoms with Gasteiger partial charge in [-0.15, -0.1) is 30.6 Å². The first-order chi connectivity index (χ1) is 8.83. The van der Waals surface area contributed by atoms with Crippen LogP contribution in [0.4, 0.5) is 5.82 Å². The van der Waals surface area contributed by atoms with Crippen molar-refractivity contribution in [1.82, 2.24) is 10.3 Å². The predicted molar refractivity (Wildman–Crippen MR) is 92.1 cm³/mol.